The average molecular weight is 286 g/mol. The lowest BCUT2D eigenvalue weighted by atomic mass is 10.1. The van der Waals surface area contributed by atoms with Crippen LogP contribution in [0.25, 0.3) is 0 Å². The highest BCUT2D eigenvalue weighted by Crippen LogP contribution is 2.20. The highest BCUT2D eigenvalue weighted by atomic mass is 16.1. The van der Waals surface area contributed by atoms with Gasteiger partial charge in [0.25, 0.3) is 5.56 Å². The van der Waals surface area contributed by atoms with Crippen LogP contribution >= 0.6 is 0 Å². The first-order valence-corrected chi connectivity index (χ1v) is 7.08. The summed E-state index contributed by atoms with van der Waals surface area (Å²) in [6.45, 7) is 3.59. The second-order valence-electron chi connectivity index (χ2n) is 5.59. The van der Waals surface area contributed by atoms with Crippen molar-refractivity contribution < 1.29 is 4.58 Å². The molecule has 0 unspecified atom stereocenters. The van der Waals surface area contributed by atoms with Gasteiger partial charge in [-0.25, -0.2) is 14.2 Å². The van der Waals surface area contributed by atoms with Crippen molar-refractivity contribution in [3.63, 3.8) is 0 Å². The molecule has 1 aromatic rings. The van der Waals surface area contributed by atoms with Gasteiger partial charge in [-0.3, -0.25) is 9.48 Å². The third kappa shape index (κ3) is 2.16. The molecule has 0 radical (unpaired) electrons. The first-order valence-electron chi connectivity index (χ1n) is 7.08. The lowest BCUT2D eigenvalue weighted by Gasteiger charge is -2.06. The summed E-state index contributed by atoms with van der Waals surface area (Å²) in [5, 5.41) is 0. The molecule has 2 heterocycles. The summed E-state index contributed by atoms with van der Waals surface area (Å²) in [5.74, 6) is 0. The van der Waals surface area contributed by atoms with E-state index >= 15 is 0 Å². The van der Waals surface area contributed by atoms with Gasteiger partial charge in [0.1, 0.15) is 14.1 Å². The Bertz CT molecular complexity index is 782. The maximum atomic E-state index is 12.4. The Hall–Kier alpha value is -2.37. The van der Waals surface area contributed by atoms with E-state index in [1.807, 2.05) is 48.5 Å². The Labute approximate surface area is 123 Å². The number of nitrogens with two attached hydrogens (primary N) is 1. The SMILES string of the molecule is Cc1c(/N=C2\C=CC(=[N+](C)C)C=C2N)c(=O)n2n1CCC2. The summed E-state index contributed by atoms with van der Waals surface area (Å²) in [5.41, 5.74) is 9.68. The smallest absolute Gasteiger partial charge is 0.292 e. The standard InChI is InChI=1S/C15H19N5O/c1-10-14(15(21)20-8-4-7-19(10)20)17-13-6-5-11(18(2)3)9-12(13)16/h5-6,9,16H,4,7-8H2,1-3H3/p+1/b17-13+. The van der Waals surface area contributed by atoms with E-state index in [2.05, 4.69) is 4.99 Å². The molecule has 0 fully saturated rings. The van der Waals surface area contributed by atoms with E-state index in [-0.39, 0.29) is 5.56 Å². The van der Waals surface area contributed by atoms with Crippen LogP contribution in [0.3, 0.4) is 0 Å². The monoisotopic (exact) mass is 286 g/mol. The van der Waals surface area contributed by atoms with Crippen LogP contribution in [-0.4, -0.2) is 39.5 Å². The van der Waals surface area contributed by atoms with Crippen LogP contribution in [0.5, 0.6) is 0 Å². The van der Waals surface area contributed by atoms with E-state index in [0.717, 1.165) is 30.9 Å². The number of nitrogens with zero attached hydrogens (tertiary/aromatic N) is 4. The van der Waals surface area contributed by atoms with Gasteiger partial charge in [-0.15, -0.1) is 0 Å². The molecular formula is C15H20N5O+. The minimum atomic E-state index is -0.0268. The van der Waals surface area contributed by atoms with Crippen LogP contribution in [0.4, 0.5) is 5.69 Å². The van der Waals surface area contributed by atoms with Crippen molar-refractivity contribution in [1.29, 1.82) is 0 Å². The predicted molar refractivity (Wildman–Crippen MR) is 83.7 cm³/mol. The van der Waals surface area contributed by atoms with E-state index < -0.39 is 0 Å². The molecule has 0 saturated heterocycles. The summed E-state index contributed by atoms with van der Waals surface area (Å²) >= 11 is 0. The molecule has 3 rings (SSSR count). The molecule has 0 amide bonds. The van der Waals surface area contributed by atoms with E-state index in [4.69, 9.17) is 5.73 Å². The lowest BCUT2D eigenvalue weighted by Crippen LogP contribution is -2.20. The molecule has 1 aromatic heterocycles. The van der Waals surface area contributed by atoms with Gasteiger partial charge in [0, 0.05) is 25.2 Å². The minimum Gasteiger partial charge on any atom is -0.397 e. The highest BCUT2D eigenvalue weighted by molar-refractivity contribution is 6.20. The topological polar surface area (TPSA) is 68.3 Å². The number of allylic oxidation sites excluding steroid dienone is 3. The zero-order valence-electron chi connectivity index (χ0n) is 12.6. The van der Waals surface area contributed by atoms with Crippen molar-refractivity contribution in [2.45, 2.75) is 26.4 Å². The quantitative estimate of drug-likeness (QED) is 0.605. The Morgan fingerprint density at radius 1 is 1.24 bits per heavy atom. The van der Waals surface area contributed by atoms with Crippen molar-refractivity contribution in [3.05, 3.63) is 40.0 Å². The third-order valence-electron chi connectivity index (χ3n) is 3.96. The summed E-state index contributed by atoms with van der Waals surface area (Å²) < 4.78 is 5.75. The van der Waals surface area contributed by atoms with Crippen molar-refractivity contribution in [3.8, 4) is 0 Å². The molecule has 110 valence electrons. The Morgan fingerprint density at radius 3 is 2.57 bits per heavy atom. The van der Waals surface area contributed by atoms with Gasteiger partial charge in [-0.2, -0.15) is 0 Å². The van der Waals surface area contributed by atoms with E-state index in [9.17, 15) is 4.79 Å². The zero-order chi connectivity index (χ0) is 15.1. The fraction of sp³-hybridized carbons (Fsp3) is 0.400. The van der Waals surface area contributed by atoms with Gasteiger partial charge in [0.15, 0.2) is 5.69 Å². The maximum Gasteiger partial charge on any atom is 0.292 e. The maximum absolute atomic E-state index is 12.4. The van der Waals surface area contributed by atoms with Crippen LogP contribution in [0, 0.1) is 6.92 Å². The van der Waals surface area contributed by atoms with E-state index in [1.165, 1.54) is 0 Å². The molecular weight excluding hydrogens is 266 g/mol. The van der Waals surface area contributed by atoms with Crippen molar-refractivity contribution in [1.82, 2.24) is 9.36 Å². The summed E-state index contributed by atoms with van der Waals surface area (Å²) in [6.07, 6.45) is 6.69. The zero-order valence-corrected chi connectivity index (χ0v) is 12.6. The molecule has 6 heteroatoms. The molecule has 2 aliphatic rings. The predicted octanol–water partition coefficient (Wildman–Crippen LogP) is 0.560. The number of fused-ring (bicyclic) bond motifs is 1. The van der Waals surface area contributed by atoms with Crippen LogP contribution in [-0.2, 0) is 13.1 Å². The molecule has 21 heavy (non-hydrogen) atoms. The molecule has 0 aromatic carbocycles. The Balaban J connectivity index is 2.06. The average Bonchev–Trinajstić information content (AvgIpc) is 3.00. The van der Waals surface area contributed by atoms with Crippen LogP contribution in [0.1, 0.15) is 12.1 Å². The largest absolute Gasteiger partial charge is 0.397 e. The summed E-state index contributed by atoms with van der Waals surface area (Å²) in [7, 11) is 3.92. The van der Waals surface area contributed by atoms with Gasteiger partial charge < -0.3 is 5.73 Å². The van der Waals surface area contributed by atoms with Crippen LogP contribution in [0.15, 0.2) is 33.7 Å². The normalized spacial score (nSPS) is 19.1. The van der Waals surface area contributed by atoms with Crippen LogP contribution < -0.4 is 11.3 Å². The third-order valence-corrected chi connectivity index (χ3v) is 3.96. The molecule has 0 bridgehead atoms. The number of hydrogen-bond acceptors (Lipinski definition) is 3. The second kappa shape index (κ2) is 4.87. The molecule has 1 aliphatic heterocycles. The van der Waals surface area contributed by atoms with Crippen molar-refractivity contribution in [2.24, 2.45) is 10.7 Å². The van der Waals surface area contributed by atoms with E-state index in [1.54, 1.807) is 4.68 Å². The van der Waals surface area contributed by atoms with Gasteiger partial charge in [-0.05, 0) is 19.4 Å². The van der Waals surface area contributed by atoms with Crippen molar-refractivity contribution in [2.75, 3.05) is 14.1 Å². The number of aromatic nitrogens is 2. The molecule has 2 N–H and O–H groups in total. The molecule has 0 spiro atoms. The van der Waals surface area contributed by atoms with Crippen LogP contribution in [0.2, 0.25) is 0 Å². The Kier molecular flexibility index (Phi) is 3.16. The number of hydrogen-bond donors (Lipinski definition) is 1. The molecule has 0 atom stereocenters. The van der Waals surface area contributed by atoms with Crippen molar-refractivity contribution >= 4 is 17.1 Å². The fourth-order valence-electron chi connectivity index (χ4n) is 2.74. The number of aliphatic imine (C=N–C) groups is 1. The van der Waals surface area contributed by atoms with E-state index in [0.29, 0.717) is 17.1 Å². The second-order valence-corrected chi connectivity index (χ2v) is 5.59. The fourth-order valence-corrected chi connectivity index (χ4v) is 2.74. The first kappa shape index (κ1) is 13.6. The number of rotatable bonds is 1. The molecule has 1 aliphatic carbocycles. The van der Waals surface area contributed by atoms with Gasteiger partial charge in [-0.1, -0.05) is 0 Å². The first-order chi connectivity index (χ1) is 9.99. The molecule has 0 saturated carbocycles. The van der Waals surface area contributed by atoms with Gasteiger partial charge in [0.05, 0.1) is 17.1 Å². The van der Waals surface area contributed by atoms with Gasteiger partial charge >= 0.3 is 0 Å². The summed E-state index contributed by atoms with van der Waals surface area (Å²) in [4.78, 5) is 16.9. The highest BCUT2D eigenvalue weighted by Gasteiger charge is 2.21. The Morgan fingerprint density at radius 2 is 1.95 bits per heavy atom. The molecule has 6 nitrogen and oxygen atoms in total. The summed E-state index contributed by atoms with van der Waals surface area (Å²) in [6, 6.07) is 0. The lowest BCUT2D eigenvalue weighted by molar-refractivity contribution is -0.462. The minimum absolute atomic E-state index is 0.0268. The van der Waals surface area contributed by atoms with Gasteiger partial charge in [0.2, 0.25) is 5.71 Å².